The lowest BCUT2D eigenvalue weighted by Crippen LogP contribution is -2.42. The van der Waals surface area contributed by atoms with Crippen molar-refractivity contribution >= 4 is 27.4 Å². The Balaban J connectivity index is 2.12. The van der Waals surface area contributed by atoms with E-state index in [1.54, 1.807) is 24.1 Å². The van der Waals surface area contributed by atoms with Gasteiger partial charge in [-0.2, -0.15) is 5.26 Å². The van der Waals surface area contributed by atoms with Gasteiger partial charge in [0.1, 0.15) is 11.6 Å². The zero-order valence-electron chi connectivity index (χ0n) is 15.4. The number of hydrogen-bond acceptors (Lipinski definition) is 5. The van der Waals surface area contributed by atoms with Gasteiger partial charge in [-0.3, -0.25) is 19.2 Å². The molecule has 0 radical (unpaired) electrons. The van der Waals surface area contributed by atoms with Gasteiger partial charge in [-0.05, 0) is 29.8 Å². The summed E-state index contributed by atoms with van der Waals surface area (Å²) in [5.74, 6) is -0.165. The summed E-state index contributed by atoms with van der Waals surface area (Å²) < 4.78 is 2.21. The third kappa shape index (κ3) is 2.96. The minimum atomic E-state index is -0.682. The highest BCUT2D eigenvalue weighted by atomic mass is 79.9. The Labute approximate surface area is 174 Å². The molecular weight excluding hydrogens is 434 g/mol. The molecule has 1 aliphatic heterocycles. The summed E-state index contributed by atoms with van der Waals surface area (Å²) in [5, 5.41) is 9.94. The largest absolute Gasteiger partial charge is 0.384 e. The van der Waals surface area contributed by atoms with E-state index in [9.17, 15) is 14.9 Å². The molecular formula is C21H16BrN5O2. The van der Waals surface area contributed by atoms with E-state index in [1.165, 1.54) is 4.57 Å². The second-order valence-electron chi connectivity index (χ2n) is 6.62. The molecule has 0 saturated carbocycles. The number of H-pyrrole nitrogens is 1. The fraction of sp³-hybridized carbons (Fsp3) is 0.0952. The first-order valence-corrected chi connectivity index (χ1v) is 9.57. The van der Waals surface area contributed by atoms with Crippen LogP contribution in [0.15, 0.2) is 80.1 Å². The summed E-state index contributed by atoms with van der Waals surface area (Å²) in [6.45, 7) is 0. The standard InChI is InChI=1S/C21H16BrN5O2/c1-26-20-17(19(28)25-21(26)29)16(12-5-3-2-4-6-12)15(11-23)18(24)27(20)14-9-7-13(22)8-10-14/h2-10,16H,24H2,1H3,(H,25,28,29). The van der Waals surface area contributed by atoms with Crippen molar-refractivity contribution in [3.05, 3.63) is 102 Å². The summed E-state index contributed by atoms with van der Waals surface area (Å²) >= 11 is 3.40. The maximum Gasteiger partial charge on any atom is 0.329 e. The monoisotopic (exact) mass is 449 g/mol. The fourth-order valence-corrected chi connectivity index (χ4v) is 3.90. The van der Waals surface area contributed by atoms with Crippen LogP contribution in [0.2, 0.25) is 0 Å². The van der Waals surface area contributed by atoms with Gasteiger partial charge in [-0.25, -0.2) is 4.79 Å². The summed E-state index contributed by atoms with van der Waals surface area (Å²) in [7, 11) is 1.57. The van der Waals surface area contributed by atoms with Crippen molar-refractivity contribution in [2.75, 3.05) is 4.90 Å². The van der Waals surface area contributed by atoms with Crippen LogP contribution >= 0.6 is 15.9 Å². The molecule has 3 aromatic rings. The molecule has 1 atom stereocenters. The van der Waals surface area contributed by atoms with Crippen molar-refractivity contribution < 1.29 is 0 Å². The van der Waals surface area contributed by atoms with Gasteiger partial charge in [0, 0.05) is 17.2 Å². The Morgan fingerprint density at radius 3 is 2.38 bits per heavy atom. The van der Waals surface area contributed by atoms with Gasteiger partial charge in [-0.1, -0.05) is 46.3 Å². The normalized spacial score (nSPS) is 15.8. The molecule has 0 aliphatic carbocycles. The quantitative estimate of drug-likeness (QED) is 0.625. The van der Waals surface area contributed by atoms with E-state index in [4.69, 9.17) is 5.73 Å². The maximum atomic E-state index is 12.9. The topological polar surface area (TPSA) is 108 Å². The van der Waals surface area contributed by atoms with Crippen LogP contribution in [0.3, 0.4) is 0 Å². The molecule has 0 spiro atoms. The summed E-state index contributed by atoms with van der Waals surface area (Å²) in [6, 6.07) is 18.6. The number of nitrogens with zero attached hydrogens (tertiary/aromatic N) is 3. The van der Waals surface area contributed by atoms with Crippen molar-refractivity contribution in [1.29, 1.82) is 5.26 Å². The fourth-order valence-electron chi connectivity index (χ4n) is 3.64. The smallest absolute Gasteiger partial charge is 0.329 e. The number of benzene rings is 2. The Kier molecular flexibility index (Phi) is 4.60. The summed E-state index contributed by atoms with van der Waals surface area (Å²) in [5.41, 5.74) is 7.28. The minimum absolute atomic E-state index is 0.178. The highest BCUT2D eigenvalue weighted by Gasteiger charge is 2.38. The first-order valence-electron chi connectivity index (χ1n) is 8.77. The number of aromatic amines is 1. The summed E-state index contributed by atoms with van der Waals surface area (Å²) in [4.78, 5) is 29.3. The molecule has 2 heterocycles. The van der Waals surface area contributed by atoms with Crippen molar-refractivity contribution in [3.8, 4) is 6.07 Å². The van der Waals surface area contributed by atoms with E-state index in [0.29, 0.717) is 17.1 Å². The average molecular weight is 450 g/mol. The molecule has 8 heteroatoms. The van der Waals surface area contributed by atoms with Crippen LogP contribution in [0.1, 0.15) is 17.0 Å². The lowest BCUT2D eigenvalue weighted by Gasteiger charge is -2.36. The predicted molar refractivity (Wildman–Crippen MR) is 114 cm³/mol. The molecule has 4 rings (SSSR count). The van der Waals surface area contributed by atoms with Crippen LogP contribution in [0.5, 0.6) is 0 Å². The lowest BCUT2D eigenvalue weighted by molar-refractivity contribution is 0.734. The number of nitrogens with one attached hydrogen (secondary N) is 1. The Morgan fingerprint density at radius 1 is 1.10 bits per heavy atom. The van der Waals surface area contributed by atoms with E-state index in [-0.39, 0.29) is 11.4 Å². The second kappa shape index (κ2) is 7.11. The molecule has 0 fully saturated rings. The number of allylic oxidation sites excluding steroid dienone is 1. The Bertz CT molecular complexity index is 1280. The SMILES string of the molecule is Cn1c2c(c(=O)[nH]c1=O)C(c1ccccc1)C(C#N)=C(N)N2c1ccc(Br)cc1. The van der Waals surface area contributed by atoms with E-state index in [2.05, 4.69) is 27.0 Å². The molecule has 2 aromatic carbocycles. The van der Waals surface area contributed by atoms with E-state index < -0.39 is 17.2 Å². The van der Waals surface area contributed by atoms with Crippen LogP contribution in [0, 0.1) is 11.3 Å². The van der Waals surface area contributed by atoms with Crippen LogP contribution in [0.4, 0.5) is 11.5 Å². The van der Waals surface area contributed by atoms with Crippen molar-refractivity contribution in [2.24, 2.45) is 12.8 Å². The van der Waals surface area contributed by atoms with Crippen molar-refractivity contribution in [2.45, 2.75) is 5.92 Å². The third-order valence-corrected chi connectivity index (χ3v) is 5.50. The van der Waals surface area contributed by atoms with Crippen LogP contribution in [0.25, 0.3) is 0 Å². The number of nitrogens with two attached hydrogens (primary N) is 1. The zero-order valence-corrected chi connectivity index (χ0v) is 17.0. The van der Waals surface area contributed by atoms with Gasteiger partial charge in [-0.15, -0.1) is 0 Å². The molecule has 0 bridgehead atoms. The molecule has 0 amide bonds. The van der Waals surface area contributed by atoms with E-state index in [0.717, 1.165) is 10.0 Å². The molecule has 7 nitrogen and oxygen atoms in total. The maximum absolute atomic E-state index is 12.9. The molecule has 1 aromatic heterocycles. The molecule has 1 unspecified atom stereocenters. The number of fused-ring (bicyclic) bond motifs is 1. The van der Waals surface area contributed by atoms with Crippen molar-refractivity contribution in [3.63, 3.8) is 0 Å². The number of rotatable bonds is 2. The van der Waals surface area contributed by atoms with Gasteiger partial charge in [0.05, 0.1) is 23.1 Å². The second-order valence-corrected chi connectivity index (χ2v) is 7.54. The highest BCUT2D eigenvalue weighted by molar-refractivity contribution is 9.10. The lowest BCUT2D eigenvalue weighted by atomic mass is 9.83. The number of halogens is 1. The average Bonchev–Trinajstić information content (AvgIpc) is 2.72. The Morgan fingerprint density at radius 2 is 1.76 bits per heavy atom. The first-order chi connectivity index (χ1) is 13.9. The number of aromatic nitrogens is 2. The minimum Gasteiger partial charge on any atom is -0.384 e. The number of nitriles is 1. The van der Waals surface area contributed by atoms with Gasteiger partial charge in [0.25, 0.3) is 5.56 Å². The highest BCUT2D eigenvalue weighted by Crippen LogP contribution is 2.43. The first kappa shape index (κ1) is 18.8. The zero-order chi connectivity index (χ0) is 20.7. The Hall–Kier alpha value is -3.57. The summed E-state index contributed by atoms with van der Waals surface area (Å²) in [6.07, 6.45) is 0. The van der Waals surface area contributed by atoms with E-state index in [1.807, 2.05) is 42.5 Å². The van der Waals surface area contributed by atoms with Gasteiger partial charge < -0.3 is 5.73 Å². The predicted octanol–water partition coefficient (Wildman–Crippen LogP) is 2.81. The molecule has 144 valence electrons. The van der Waals surface area contributed by atoms with E-state index >= 15 is 0 Å². The third-order valence-electron chi connectivity index (χ3n) is 4.97. The van der Waals surface area contributed by atoms with Crippen LogP contribution in [-0.2, 0) is 7.05 Å². The van der Waals surface area contributed by atoms with Crippen molar-refractivity contribution in [1.82, 2.24) is 9.55 Å². The van der Waals surface area contributed by atoms with Gasteiger partial charge in [0.2, 0.25) is 0 Å². The molecule has 1 aliphatic rings. The van der Waals surface area contributed by atoms with Gasteiger partial charge >= 0.3 is 5.69 Å². The molecule has 0 saturated heterocycles. The number of hydrogen-bond donors (Lipinski definition) is 2. The molecule has 3 N–H and O–H groups in total. The van der Waals surface area contributed by atoms with Crippen LogP contribution < -0.4 is 21.9 Å². The van der Waals surface area contributed by atoms with Crippen LogP contribution in [-0.4, -0.2) is 9.55 Å². The number of anilines is 2. The molecule has 29 heavy (non-hydrogen) atoms. The van der Waals surface area contributed by atoms with Gasteiger partial charge in [0.15, 0.2) is 0 Å².